The van der Waals surface area contributed by atoms with Crippen LogP contribution >= 0.6 is 15.9 Å². The molecule has 1 saturated heterocycles. The zero-order valence-corrected chi connectivity index (χ0v) is 18.2. The highest BCUT2D eigenvalue weighted by molar-refractivity contribution is 9.10. The van der Waals surface area contributed by atoms with E-state index in [2.05, 4.69) is 26.1 Å². The number of halogens is 1. The Balaban J connectivity index is 1.56. The van der Waals surface area contributed by atoms with Crippen LogP contribution in [0.1, 0.15) is 24.7 Å². The maximum absolute atomic E-state index is 13.0. The van der Waals surface area contributed by atoms with Crippen molar-refractivity contribution in [2.75, 3.05) is 20.2 Å². The first kappa shape index (κ1) is 20.1. The lowest BCUT2D eigenvalue weighted by atomic mass is 10.00. The molecule has 29 heavy (non-hydrogen) atoms. The number of rotatable bonds is 5. The Bertz CT molecular complexity index is 1100. The minimum atomic E-state index is -3.57. The van der Waals surface area contributed by atoms with E-state index in [1.165, 1.54) is 4.31 Å². The third-order valence-electron chi connectivity index (χ3n) is 4.97. The van der Waals surface area contributed by atoms with E-state index in [1.807, 2.05) is 24.3 Å². The molecular weight excluding hydrogens is 458 g/mol. The Hall–Kier alpha value is -2.23. The number of nitrogens with zero attached hydrogens (tertiary/aromatic N) is 3. The Morgan fingerprint density at radius 2 is 1.93 bits per heavy atom. The second-order valence-corrected chi connectivity index (χ2v) is 9.67. The molecule has 152 valence electrons. The molecule has 0 aliphatic carbocycles. The van der Waals surface area contributed by atoms with Gasteiger partial charge in [0.25, 0.3) is 0 Å². The van der Waals surface area contributed by atoms with Gasteiger partial charge < -0.3 is 9.26 Å². The number of benzene rings is 2. The van der Waals surface area contributed by atoms with Crippen LogP contribution in [-0.4, -0.2) is 43.1 Å². The summed E-state index contributed by atoms with van der Waals surface area (Å²) < 4.78 is 39.2. The van der Waals surface area contributed by atoms with Crippen LogP contribution in [0.4, 0.5) is 0 Å². The molecule has 3 aromatic rings. The van der Waals surface area contributed by atoms with E-state index < -0.39 is 10.0 Å². The minimum absolute atomic E-state index is 0.148. The molecule has 0 saturated carbocycles. The molecule has 2 aromatic carbocycles. The molecule has 7 nitrogen and oxygen atoms in total. The van der Waals surface area contributed by atoms with Gasteiger partial charge in [-0.05, 0) is 49.2 Å². The Labute approximate surface area is 177 Å². The van der Waals surface area contributed by atoms with Crippen LogP contribution in [0.5, 0.6) is 5.75 Å². The van der Waals surface area contributed by atoms with Gasteiger partial charge in [0, 0.05) is 17.6 Å². The highest BCUT2D eigenvalue weighted by atomic mass is 79.9. The van der Waals surface area contributed by atoms with E-state index in [-0.39, 0.29) is 10.8 Å². The van der Waals surface area contributed by atoms with E-state index in [0.717, 1.165) is 22.9 Å². The van der Waals surface area contributed by atoms with Gasteiger partial charge in [-0.15, -0.1) is 0 Å². The van der Waals surface area contributed by atoms with Gasteiger partial charge in [-0.25, -0.2) is 8.42 Å². The number of piperidine rings is 1. The van der Waals surface area contributed by atoms with Crippen molar-refractivity contribution in [1.82, 2.24) is 14.4 Å². The highest BCUT2D eigenvalue weighted by Crippen LogP contribution is 2.32. The van der Waals surface area contributed by atoms with Crippen LogP contribution in [-0.2, 0) is 10.0 Å². The van der Waals surface area contributed by atoms with Crippen molar-refractivity contribution in [3.05, 3.63) is 58.9 Å². The number of methoxy groups -OCH3 is 1. The van der Waals surface area contributed by atoms with Crippen LogP contribution in [0.3, 0.4) is 0 Å². The second-order valence-electron chi connectivity index (χ2n) is 6.81. The molecule has 2 heterocycles. The number of aromatic nitrogens is 2. The molecule has 0 radical (unpaired) electrons. The molecule has 1 atom stereocenters. The summed E-state index contributed by atoms with van der Waals surface area (Å²) in [5.41, 5.74) is 0.736. The third-order valence-corrected chi connectivity index (χ3v) is 7.38. The lowest BCUT2D eigenvalue weighted by Crippen LogP contribution is -2.39. The lowest BCUT2D eigenvalue weighted by Gasteiger charge is -2.30. The standard InChI is InChI=1S/C20H20BrN3O4S/c1-27-18-7-3-2-6-17(18)19-22-20(28-23-19)14-5-4-12-24(13-14)29(25,26)16-10-8-15(21)9-11-16/h2-3,6-11,14H,4-5,12-13H2,1H3. The van der Waals surface area contributed by atoms with E-state index in [1.54, 1.807) is 31.4 Å². The van der Waals surface area contributed by atoms with E-state index >= 15 is 0 Å². The largest absolute Gasteiger partial charge is 0.496 e. The van der Waals surface area contributed by atoms with Crippen molar-refractivity contribution in [3.63, 3.8) is 0 Å². The molecule has 1 aliphatic heterocycles. The molecule has 0 N–H and O–H groups in total. The summed E-state index contributed by atoms with van der Waals surface area (Å²) in [5, 5.41) is 4.09. The summed E-state index contributed by atoms with van der Waals surface area (Å²) in [5.74, 6) is 1.39. The topological polar surface area (TPSA) is 85.5 Å². The summed E-state index contributed by atoms with van der Waals surface area (Å²) >= 11 is 3.34. The average Bonchev–Trinajstić information content (AvgIpc) is 3.24. The molecule has 0 bridgehead atoms. The minimum Gasteiger partial charge on any atom is -0.496 e. The lowest BCUT2D eigenvalue weighted by molar-refractivity contribution is 0.265. The smallest absolute Gasteiger partial charge is 0.243 e. The van der Waals surface area contributed by atoms with Gasteiger partial charge in [-0.2, -0.15) is 9.29 Å². The average molecular weight is 478 g/mol. The summed E-state index contributed by atoms with van der Waals surface area (Å²) in [7, 11) is -1.98. The van der Waals surface area contributed by atoms with Crippen molar-refractivity contribution in [2.45, 2.75) is 23.7 Å². The number of hydrogen-bond acceptors (Lipinski definition) is 6. The second kappa shape index (κ2) is 8.25. The van der Waals surface area contributed by atoms with Crippen molar-refractivity contribution < 1.29 is 17.7 Å². The highest BCUT2D eigenvalue weighted by Gasteiger charge is 2.33. The SMILES string of the molecule is COc1ccccc1-c1noc(C2CCCN(S(=O)(=O)c3ccc(Br)cc3)C2)n1. The predicted molar refractivity (Wildman–Crippen MR) is 111 cm³/mol. The van der Waals surface area contributed by atoms with Gasteiger partial charge >= 0.3 is 0 Å². The summed E-state index contributed by atoms with van der Waals surface area (Å²) in [6.07, 6.45) is 1.52. The molecule has 9 heteroatoms. The van der Waals surface area contributed by atoms with Crippen molar-refractivity contribution in [1.29, 1.82) is 0 Å². The summed E-state index contributed by atoms with van der Waals surface area (Å²) in [6.45, 7) is 0.786. The molecule has 4 rings (SSSR count). The number of para-hydroxylation sites is 1. The quantitative estimate of drug-likeness (QED) is 0.550. The van der Waals surface area contributed by atoms with Crippen LogP contribution < -0.4 is 4.74 Å². The van der Waals surface area contributed by atoms with Gasteiger partial charge in [0.05, 0.1) is 23.5 Å². The number of hydrogen-bond donors (Lipinski definition) is 0. The first-order chi connectivity index (χ1) is 14.0. The predicted octanol–water partition coefficient (Wildman–Crippen LogP) is 4.08. The van der Waals surface area contributed by atoms with Crippen LogP contribution in [0.15, 0.2) is 62.4 Å². The van der Waals surface area contributed by atoms with Gasteiger partial charge in [0.1, 0.15) is 5.75 Å². The summed E-state index contributed by atoms with van der Waals surface area (Å²) in [4.78, 5) is 4.81. The van der Waals surface area contributed by atoms with Crippen LogP contribution in [0.25, 0.3) is 11.4 Å². The maximum atomic E-state index is 13.0. The summed E-state index contributed by atoms with van der Waals surface area (Å²) in [6, 6.07) is 14.1. The van der Waals surface area contributed by atoms with Crippen molar-refractivity contribution in [3.8, 4) is 17.1 Å². The first-order valence-electron chi connectivity index (χ1n) is 9.22. The van der Waals surface area contributed by atoms with Gasteiger partial charge in [-0.3, -0.25) is 0 Å². The van der Waals surface area contributed by atoms with E-state index in [4.69, 9.17) is 9.26 Å². The van der Waals surface area contributed by atoms with Crippen LogP contribution in [0, 0.1) is 0 Å². The van der Waals surface area contributed by atoms with Crippen LogP contribution in [0.2, 0.25) is 0 Å². The fraction of sp³-hybridized carbons (Fsp3) is 0.300. The van der Waals surface area contributed by atoms with E-state index in [0.29, 0.717) is 30.6 Å². The molecule has 1 unspecified atom stereocenters. The molecular formula is C20H20BrN3O4S. The van der Waals surface area contributed by atoms with Gasteiger partial charge in [-0.1, -0.05) is 33.2 Å². The van der Waals surface area contributed by atoms with E-state index in [9.17, 15) is 8.42 Å². The molecule has 0 spiro atoms. The molecule has 0 amide bonds. The van der Waals surface area contributed by atoms with Gasteiger partial charge in [0.2, 0.25) is 21.7 Å². The van der Waals surface area contributed by atoms with Crippen molar-refractivity contribution >= 4 is 26.0 Å². The van der Waals surface area contributed by atoms with Crippen molar-refractivity contribution in [2.24, 2.45) is 0 Å². The Kier molecular flexibility index (Phi) is 5.71. The zero-order valence-electron chi connectivity index (χ0n) is 15.8. The zero-order chi connectivity index (χ0) is 20.4. The molecule has 1 aromatic heterocycles. The maximum Gasteiger partial charge on any atom is 0.243 e. The Morgan fingerprint density at radius 1 is 1.17 bits per heavy atom. The fourth-order valence-corrected chi connectivity index (χ4v) is 5.25. The monoisotopic (exact) mass is 477 g/mol. The fourth-order valence-electron chi connectivity index (χ4n) is 3.46. The van der Waals surface area contributed by atoms with Gasteiger partial charge in [0.15, 0.2) is 0 Å². The molecule has 1 aliphatic rings. The number of ether oxygens (including phenoxy) is 1. The number of sulfonamides is 1. The third kappa shape index (κ3) is 4.08. The normalized spacial score (nSPS) is 17.9. The first-order valence-corrected chi connectivity index (χ1v) is 11.4. The Morgan fingerprint density at radius 3 is 2.69 bits per heavy atom. The molecule has 1 fully saturated rings.